The zero-order valence-electron chi connectivity index (χ0n) is 20.6. The number of aromatic hydroxyl groups is 1. The molecule has 0 bridgehead atoms. The van der Waals surface area contributed by atoms with Crippen LogP contribution in [0.1, 0.15) is 127 Å². The van der Waals surface area contributed by atoms with Crippen LogP contribution in [-0.4, -0.2) is 16.2 Å². The standard InChI is InChI=1S/C28H48O3/c1-4-6-7-8-9-10-11-12-13-14-15-16-17-18-19-26(28(30)31)22-24-20-23(3)27(29)25(5-2)21-24/h20-21,26,29H,4-19,22H2,1-3H3,(H,30,31). The summed E-state index contributed by atoms with van der Waals surface area (Å²) >= 11 is 0. The molecule has 0 saturated carbocycles. The normalized spacial score (nSPS) is 12.2. The highest BCUT2D eigenvalue weighted by Gasteiger charge is 2.18. The maximum Gasteiger partial charge on any atom is 0.306 e. The first kappa shape index (κ1) is 27.5. The average Bonchev–Trinajstić information content (AvgIpc) is 2.75. The molecule has 1 rings (SSSR count). The van der Waals surface area contributed by atoms with Crippen LogP contribution in [0.2, 0.25) is 0 Å². The second-order valence-electron chi connectivity index (χ2n) is 9.40. The van der Waals surface area contributed by atoms with Gasteiger partial charge in [-0.05, 0) is 42.9 Å². The molecule has 1 aromatic carbocycles. The molecule has 0 saturated heterocycles. The van der Waals surface area contributed by atoms with E-state index in [0.717, 1.165) is 42.4 Å². The van der Waals surface area contributed by atoms with Crippen molar-refractivity contribution in [2.24, 2.45) is 5.92 Å². The van der Waals surface area contributed by atoms with Crippen LogP contribution in [0.5, 0.6) is 5.75 Å². The lowest BCUT2D eigenvalue weighted by molar-refractivity contribution is -0.142. The predicted molar refractivity (Wildman–Crippen MR) is 132 cm³/mol. The molecule has 0 amide bonds. The van der Waals surface area contributed by atoms with Gasteiger partial charge in [0.2, 0.25) is 0 Å². The van der Waals surface area contributed by atoms with Crippen LogP contribution in [0.25, 0.3) is 0 Å². The van der Waals surface area contributed by atoms with Crippen molar-refractivity contribution in [3.05, 3.63) is 28.8 Å². The molecule has 2 N–H and O–H groups in total. The quantitative estimate of drug-likeness (QED) is 0.216. The minimum atomic E-state index is -0.696. The summed E-state index contributed by atoms with van der Waals surface area (Å²) < 4.78 is 0. The molecule has 3 heteroatoms. The summed E-state index contributed by atoms with van der Waals surface area (Å²) in [7, 11) is 0. The highest BCUT2D eigenvalue weighted by molar-refractivity contribution is 5.70. The molecule has 0 spiro atoms. The SMILES string of the molecule is CCCCCCCCCCCCCCCCC(Cc1cc(C)c(O)c(CC)c1)C(=O)O. The van der Waals surface area contributed by atoms with E-state index in [1.165, 1.54) is 77.0 Å². The number of carbonyl (C=O) groups is 1. The number of aryl methyl sites for hydroxylation is 2. The summed E-state index contributed by atoms with van der Waals surface area (Å²) in [5.74, 6) is -0.672. The number of aliphatic carboxylic acids is 1. The first-order valence-corrected chi connectivity index (χ1v) is 13.0. The van der Waals surface area contributed by atoms with Crippen LogP contribution in [0.4, 0.5) is 0 Å². The van der Waals surface area contributed by atoms with E-state index in [1.54, 1.807) is 0 Å². The van der Waals surface area contributed by atoms with Crippen molar-refractivity contribution in [2.75, 3.05) is 0 Å². The number of carboxylic acid groups (broad SMARTS) is 1. The van der Waals surface area contributed by atoms with Crippen molar-refractivity contribution in [3.63, 3.8) is 0 Å². The van der Waals surface area contributed by atoms with Gasteiger partial charge in [-0.3, -0.25) is 4.79 Å². The van der Waals surface area contributed by atoms with Gasteiger partial charge in [-0.25, -0.2) is 0 Å². The van der Waals surface area contributed by atoms with E-state index in [1.807, 2.05) is 26.0 Å². The number of hydrogen-bond acceptors (Lipinski definition) is 2. The molecule has 0 aliphatic rings. The third-order valence-corrected chi connectivity index (χ3v) is 6.56. The Hall–Kier alpha value is -1.51. The predicted octanol–water partition coefficient (Wildman–Crippen LogP) is 8.38. The van der Waals surface area contributed by atoms with Crippen molar-refractivity contribution >= 4 is 5.97 Å². The van der Waals surface area contributed by atoms with E-state index in [4.69, 9.17) is 0 Å². The first-order valence-electron chi connectivity index (χ1n) is 13.0. The van der Waals surface area contributed by atoms with Crippen molar-refractivity contribution in [1.82, 2.24) is 0 Å². The molecule has 0 fully saturated rings. The molecule has 0 aliphatic heterocycles. The topological polar surface area (TPSA) is 57.5 Å². The number of rotatable bonds is 19. The number of unbranched alkanes of at least 4 members (excludes halogenated alkanes) is 13. The summed E-state index contributed by atoms with van der Waals surface area (Å²) in [5, 5.41) is 19.7. The molecular weight excluding hydrogens is 384 g/mol. The van der Waals surface area contributed by atoms with Crippen LogP contribution in [0.15, 0.2) is 12.1 Å². The molecule has 0 heterocycles. The van der Waals surface area contributed by atoms with Crippen molar-refractivity contribution < 1.29 is 15.0 Å². The van der Waals surface area contributed by atoms with Gasteiger partial charge in [0.25, 0.3) is 0 Å². The van der Waals surface area contributed by atoms with E-state index in [2.05, 4.69) is 6.92 Å². The van der Waals surface area contributed by atoms with Crippen molar-refractivity contribution in [1.29, 1.82) is 0 Å². The fourth-order valence-electron chi connectivity index (χ4n) is 4.50. The van der Waals surface area contributed by atoms with Crippen molar-refractivity contribution in [3.8, 4) is 5.75 Å². The number of phenols is 1. The number of phenolic OH excluding ortho intramolecular Hbond substituents is 1. The molecular formula is C28H48O3. The number of carboxylic acids is 1. The van der Waals surface area contributed by atoms with Gasteiger partial charge in [0.1, 0.15) is 5.75 Å². The molecule has 178 valence electrons. The minimum Gasteiger partial charge on any atom is -0.507 e. The van der Waals surface area contributed by atoms with Gasteiger partial charge in [0.05, 0.1) is 5.92 Å². The molecule has 3 nitrogen and oxygen atoms in total. The second kappa shape index (κ2) is 17.1. The molecule has 0 aliphatic carbocycles. The van der Waals surface area contributed by atoms with Gasteiger partial charge in [-0.15, -0.1) is 0 Å². The Kier molecular flexibility index (Phi) is 15.2. The minimum absolute atomic E-state index is 0.328. The fourth-order valence-corrected chi connectivity index (χ4v) is 4.50. The largest absolute Gasteiger partial charge is 0.507 e. The molecule has 1 unspecified atom stereocenters. The second-order valence-corrected chi connectivity index (χ2v) is 9.40. The monoisotopic (exact) mass is 432 g/mol. The molecule has 31 heavy (non-hydrogen) atoms. The molecule has 1 aromatic rings. The van der Waals surface area contributed by atoms with Crippen LogP contribution in [0.3, 0.4) is 0 Å². The van der Waals surface area contributed by atoms with Crippen molar-refractivity contribution in [2.45, 2.75) is 130 Å². The Morgan fingerprint density at radius 2 is 1.29 bits per heavy atom. The maximum absolute atomic E-state index is 11.7. The van der Waals surface area contributed by atoms with Crippen LogP contribution < -0.4 is 0 Å². The zero-order chi connectivity index (χ0) is 22.9. The highest BCUT2D eigenvalue weighted by Crippen LogP contribution is 2.27. The van der Waals surface area contributed by atoms with E-state index in [0.29, 0.717) is 12.2 Å². The molecule has 0 aromatic heterocycles. The molecule has 0 radical (unpaired) electrons. The Labute approximate surface area is 191 Å². The average molecular weight is 433 g/mol. The summed E-state index contributed by atoms with van der Waals surface area (Å²) in [6, 6.07) is 3.92. The number of hydrogen-bond donors (Lipinski definition) is 2. The Balaban J connectivity index is 2.14. The summed E-state index contributed by atoms with van der Waals surface area (Å²) in [6.45, 7) is 6.17. The lowest BCUT2D eigenvalue weighted by Crippen LogP contribution is -2.16. The van der Waals surface area contributed by atoms with Gasteiger partial charge in [0, 0.05) is 0 Å². The van der Waals surface area contributed by atoms with E-state index >= 15 is 0 Å². The van der Waals surface area contributed by atoms with Gasteiger partial charge < -0.3 is 10.2 Å². The Morgan fingerprint density at radius 3 is 1.74 bits per heavy atom. The van der Waals surface area contributed by atoms with E-state index < -0.39 is 5.97 Å². The van der Waals surface area contributed by atoms with Gasteiger partial charge >= 0.3 is 5.97 Å². The highest BCUT2D eigenvalue weighted by atomic mass is 16.4. The van der Waals surface area contributed by atoms with Gasteiger partial charge in [-0.1, -0.05) is 116 Å². The van der Waals surface area contributed by atoms with E-state index in [9.17, 15) is 15.0 Å². The summed E-state index contributed by atoms with van der Waals surface area (Å²) in [4.78, 5) is 11.7. The third-order valence-electron chi connectivity index (χ3n) is 6.56. The van der Waals surface area contributed by atoms with E-state index in [-0.39, 0.29) is 5.92 Å². The lowest BCUT2D eigenvalue weighted by Gasteiger charge is -2.15. The fraction of sp³-hybridized carbons (Fsp3) is 0.750. The first-order chi connectivity index (χ1) is 15.0. The molecule has 1 atom stereocenters. The van der Waals surface area contributed by atoms with Gasteiger partial charge in [0.15, 0.2) is 0 Å². The smallest absolute Gasteiger partial charge is 0.306 e. The third kappa shape index (κ3) is 12.2. The van der Waals surface area contributed by atoms with Gasteiger partial charge in [-0.2, -0.15) is 0 Å². The van der Waals surface area contributed by atoms with Crippen LogP contribution in [-0.2, 0) is 17.6 Å². The Morgan fingerprint density at radius 1 is 0.806 bits per heavy atom. The lowest BCUT2D eigenvalue weighted by atomic mass is 9.91. The zero-order valence-corrected chi connectivity index (χ0v) is 20.6. The summed E-state index contributed by atoms with van der Waals surface area (Å²) in [5.41, 5.74) is 2.79. The number of benzene rings is 1. The van der Waals surface area contributed by atoms with Crippen LogP contribution >= 0.6 is 0 Å². The van der Waals surface area contributed by atoms with Crippen LogP contribution in [0, 0.1) is 12.8 Å². The Bertz CT molecular complexity index is 609. The maximum atomic E-state index is 11.7. The summed E-state index contributed by atoms with van der Waals surface area (Å²) in [6.07, 6.45) is 20.5.